The van der Waals surface area contributed by atoms with Crippen LogP contribution in [-0.4, -0.2) is 70.4 Å². The van der Waals surface area contributed by atoms with Gasteiger partial charge in [0.2, 0.25) is 26.0 Å². The molecule has 0 bridgehead atoms. The first-order chi connectivity index (χ1) is 14.1. The van der Waals surface area contributed by atoms with Crippen molar-refractivity contribution in [2.24, 2.45) is 0 Å². The summed E-state index contributed by atoms with van der Waals surface area (Å²) < 4.78 is 51.7. The lowest BCUT2D eigenvalue weighted by molar-refractivity contribution is -0.129. The second-order valence-corrected chi connectivity index (χ2v) is 11.1. The molecule has 2 rings (SSSR count). The molecule has 1 amide bonds. The van der Waals surface area contributed by atoms with Gasteiger partial charge in [-0.2, -0.15) is 4.31 Å². The van der Waals surface area contributed by atoms with Crippen LogP contribution >= 0.6 is 0 Å². The minimum absolute atomic E-state index is 0.174. The average molecular weight is 458 g/mol. The van der Waals surface area contributed by atoms with E-state index < -0.39 is 20.0 Å². The fourth-order valence-electron chi connectivity index (χ4n) is 3.48. The van der Waals surface area contributed by atoms with Crippen molar-refractivity contribution in [3.05, 3.63) is 35.9 Å². The highest BCUT2D eigenvalue weighted by molar-refractivity contribution is 7.89. The van der Waals surface area contributed by atoms with E-state index in [1.807, 2.05) is 0 Å². The molecule has 1 atom stereocenters. The van der Waals surface area contributed by atoms with Crippen molar-refractivity contribution in [3.8, 4) is 0 Å². The molecule has 1 aliphatic heterocycles. The number of piperidine rings is 1. The molecule has 0 radical (unpaired) electrons. The molecule has 0 aromatic heterocycles. The minimum Gasteiger partial charge on any atom is -0.335 e. The lowest BCUT2D eigenvalue weighted by Gasteiger charge is -2.35. The third kappa shape index (κ3) is 6.63. The molecule has 1 aliphatic rings. The van der Waals surface area contributed by atoms with Crippen LogP contribution in [0.5, 0.6) is 0 Å². The van der Waals surface area contributed by atoms with Gasteiger partial charge in [0.1, 0.15) is 0 Å². The first kappa shape index (κ1) is 24.5. The van der Waals surface area contributed by atoms with E-state index in [0.29, 0.717) is 25.2 Å². The fraction of sp³-hybridized carbons (Fsp3) is 0.550. The lowest BCUT2D eigenvalue weighted by Crippen LogP contribution is -2.48. The number of likely N-dealkylation sites (tertiary alicyclic amines) is 1. The number of sulfonamides is 2. The van der Waals surface area contributed by atoms with E-state index in [2.05, 4.69) is 4.72 Å². The van der Waals surface area contributed by atoms with Gasteiger partial charge in [-0.1, -0.05) is 26.0 Å². The van der Waals surface area contributed by atoms with E-state index >= 15 is 0 Å². The van der Waals surface area contributed by atoms with Crippen molar-refractivity contribution >= 4 is 32.0 Å². The molecule has 1 aromatic carbocycles. The number of rotatable bonds is 9. The van der Waals surface area contributed by atoms with E-state index in [4.69, 9.17) is 0 Å². The Hall–Kier alpha value is -1.75. The summed E-state index contributed by atoms with van der Waals surface area (Å²) in [5.41, 5.74) is 0.713. The Labute approximate surface area is 180 Å². The summed E-state index contributed by atoms with van der Waals surface area (Å²) in [5, 5.41) is 0. The summed E-state index contributed by atoms with van der Waals surface area (Å²) >= 11 is 0. The third-order valence-electron chi connectivity index (χ3n) is 5.13. The second-order valence-electron chi connectivity index (χ2n) is 7.29. The van der Waals surface area contributed by atoms with E-state index in [1.165, 1.54) is 22.5 Å². The Balaban J connectivity index is 2.08. The molecule has 0 aliphatic carbocycles. The molecule has 0 unspecified atom stereocenters. The van der Waals surface area contributed by atoms with E-state index in [9.17, 15) is 21.6 Å². The number of hydrogen-bond donors (Lipinski definition) is 1. The van der Waals surface area contributed by atoms with Gasteiger partial charge in [0.25, 0.3) is 0 Å². The van der Waals surface area contributed by atoms with Crippen LogP contribution in [0.4, 0.5) is 0 Å². The average Bonchev–Trinajstić information content (AvgIpc) is 2.71. The molecular weight excluding hydrogens is 426 g/mol. The van der Waals surface area contributed by atoms with Crippen molar-refractivity contribution in [3.63, 3.8) is 0 Å². The molecule has 1 heterocycles. The standard InChI is InChI=1S/C20H31N3O5S2/c1-4-22(5-2)30(27,28)19-12-9-17(10-13-19)11-14-20(24)23-15-7-6-8-18(23)16-21-29(3,25)26/h9-14,18,21H,4-8,15-16H2,1-3H3/b14-11-/t18-/m1/s1. The second kappa shape index (κ2) is 10.5. The Morgan fingerprint density at radius 1 is 1.13 bits per heavy atom. The summed E-state index contributed by atoms with van der Waals surface area (Å²) in [6.45, 7) is 5.18. The highest BCUT2D eigenvalue weighted by Gasteiger charge is 2.26. The Morgan fingerprint density at radius 2 is 1.77 bits per heavy atom. The number of hydrogen-bond acceptors (Lipinski definition) is 5. The number of amides is 1. The van der Waals surface area contributed by atoms with E-state index in [0.717, 1.165) is 25.5 Å². The normalized spacial score (nSPS) is 18.3. The zero-order valence-corrected chi connectivity index (χ0v) is 19.4. The maximum absolute atomic E-state index is 12.7. The lowest BCUT2D eigenvalue weighted by atomic mass is 10.0. The number of carbonyl (C=O) groups excluding carboxylic acids is 1. The summed E-state index contributed by atoms with van der Waals surface area (Å²) in [7, 11) is -6.83. The Bertz CT molecular complexity index is 953. The minimum atomic E-state index is -3.51. The monoisotopic (exact) mass is 457 g/mol. The van der Waals surface area contributed by atoms with Crippen LogP contribution in [0.2, 0.25) is 0 Å². The predicted octanol–water partition coefficient (Wildman–Crippen LogP) is 1.66. The molecule has 30 heavy (non-hydrogen) atoms. The number of carbonyl (C=O) groups is 1. The van der Waals surface area contributed by atoms with Crippen molar-refractivity contribution in [2.45, 2.75) is 44.0 Å². The van der Waals surface area contributed by atoms with E-state index in [-0.39, 0.29) is 23.4 Å². The molecule has 8 nitrogen and oxygen atoms in total. The van der Waals surface area contributed by atoms with Crippen molar-refractivity contribution < 1.29 is 21.6 Å². The first-order valence-corrected chi connectivity index (χ1v) is 13.4. The molecule has 1 saturated heterocycles. The van der Waals surface area contributed by atoms with E-state index in [1.54, 1.807) is 37.0 Å². The maximum Gasteiger partial charge on any atom is 0.246 e. The van der Waals surface area contributed by atoms with Crippen LogP contribution in [-0.2, 0) is 24.8 Å². The smallest absolute Gasteiger partial charge is 0.246 e. The predicted molar refractivity (Wildman–Crippen MR) is 118 cm³/mol. The molecule has 1 N–H and O–H groups in total. The van der Waals surface area contributed by atoms with Crippen LogP contribution < -0.4 is 4.72 Å². The van der Waals surface area contributed by atoms with Gasteiger partial charge >= 0.3 is 0 Å². The van der Waals surface area contributed by atoms with Crippen LogP contribution in [0, 0.1) is 0 Å². The number of benzene rings is 1. The molecular formula is C20H31N3O5S2. The van der Waals surface area contributed by atoms with Crippen LogP contribution in [0.15, 0.2) is 35.2 Å². The first-order valence-electron chi connectivity index (χ1n) is 10.1. The van der Waals surface area contributed by atoms with Crippen molar-refractivity contribution in [1.82, 2.24) is 13.9 Å². The van der Waals surface area contributed by atoms with Crippen LogP contribution in [0.3, 0.4) is 0 Å². The Morgan fingerprint density at radius 3 is 2.33 bits per heavy atom. The molecule has 1 fully saturated rings. The van der Waals surface area contributed by atoms with Gasteiger partial charge in [-0.25, -0.2) is 21.6 Å². The largest absolute Gasteiger partial charge is 0.335 e. The highest BCUT2D eigenvalue weighted by atomic mass is 32.2. The quantitative estimate of drug-likeness (QED) is 0.568. The zero-order valence-electron chi connectivity index (χ0n) is 17.7. The third-order valence-corrected chi connectivity index (χ3v) is 7.89. The van der Waals surface area contributed by atoms with Crippen LogP contribution in [0.25, 0.3) is 6.08 Å². The van der Waals surface area contributed by atoms with Gasteiger partial charge in [0.05, 0.1) is 11.2 Å². The van der Waals surface area contributed by atoms with Crippen LogP contribution in [0.1, 0.15) is 38.7 Å². The maximum atomic E-state index is 12.7. The molecule has 0 spiro atoms. The fourth-order valence-corrected chi connectivity index (χ4v) is 5.43. The zero-order chi connectivity index (χ0) is 22.4. The topological polar surface area (TPSA) is 104 Å². The van der Waals surface area contributed by atoms with Crippen molar-refractivity contribution in [2.75, 3.05) is 32.4 Å². The van der Waals surface area contributed by atoms with Gasteiger partial charge in [0.15, 0.2) is 0 Å². The molecule has 168 valence electrons. The van der Waals surface area contributed by atoms with Gasteiger partial charge in [-0.05, 0) is 43.0 Å². The molecule has 10 heteroatoms. The van der Waals surface area contributed by atoms with Gasteiger partial charge in [0, 0.05) is 38.3 Å². The number of nitrogens with one attached hydrogen (secondary N) is 1. The Kier molecular flexibility index (Phi) is 8.60. The van der Waals surface area contributed by atoms with Gasteiger partial charge in [-0.15, -0.1) is 0 Å². The van der Waals surface area contributed by atoms with Crippen molar-refractivity contribution in [1.29, 1.82) is 0 Å². The molecule has 0 saturated carbocycles. The van der Waals surface area contributed by atoms with Gasteiger partial charge < -0.3 is 4.90 Å². The summed E-state index contributed by atoms with van der Waals surface area (Å²) in [6, 6.07) is 6.24. The highest BCUT2D eigenvalue weighted by Crippen LogP contribution is 2.19. The number of nitrogens with zero attached hydrogens (tertiary/aromatic N) is 2. The summed E-state index contributed by atoms with van der Waals surface area (Å²) in [4.78, 5) is 14.6. The summed E-state index contributed by atoms with van der Waals surface area (Å²) in [5.74, 6) is -0.185. The molecule has 1 aromatic rings. The summed E-state index contributed by atoms with van der Waals surface area (Å²) in [6.07, 6.45) is 6.78. The SMILES string of the molecule is CCN(CC)S(=O)(=O)c1ccc(/C=C\C(=O)N2CCCC[C@@H]2CNS(C)(=O)=O)cc1. The van der Waals surface area contributed by atoms with Gasteiger partial charge in [-0.3, -0.25) is 4.79 Å².